The van der Waals surface area contributed by atoms with Crippen molar-refractivity contribution in [2.45, 2.75) is 10.6 Å². The van der Waals surface area contributed by atoms with Crippen molar-refractivity contribution < 1.29 is 12.8 Å². The van der Waals surface area contributed by atoms with E-state index in [1.54, 1.807) is 6.07 Å². The summed E-state index contributed by atoms with van der Waals surface area (Å²) in [5.41, 5.74) is 6.07. The van der Waals surface area contributed by atoms with Crippen LogP contribution in [-0.2, 0) is 15.6 Å². The Morgan fingerprint density at radius 3 is 2.55 bits per heavy atom. The highest BCUT2D eigenvalue weighted by Gasteiger charge is 2.22. The van der Waals surface area contributed by atoms with Crippen LogP contribution in [0.25, 0.3) is 0 Å². The SMILES string of the molecule is Nc1cccc(Cl)c1S(=O)(=O)Cc1cc(F)cc(Br)c1. The van der Waals surface area contributed by atoms with Crippen LogP contribution in [0.2, 0.25) is 5.02 Å². The lowest BCUT2D eigenvalue weighted by Gasteiger charge is -2.10. The Hall–Kier alpha value is -1.11. The van der Waals surface area contributed by atoms with Crippen LogP contribution < -0.4 is 5.73 Å². The van der Waals surface area contributed by atoms with Crippen molar-refractivity contribution in [2.24, 2.45) is 0 Å². The van der Waals surface area contributed by atoms with E-state index in [0.717, 1.165) is 6.07 Å². The molecule has 0 fully saturated rings. The van der Waals surface area contributed by atoms with Crippen LogP contribution in [0.15, 0.2) is 45.8 Å². The first-order valence-corrected chi connectivity index (χ1v) is 8.33. The molecule has 2 N–H and O–H groups in total. The third-order valence-corrected chi connectivity index (χ3v) is 5.26. The summed E-state index contributed by atoms with van der Waals surface area (Å²) in [4.78, 5) is -0.123. The maximum Gasteiger partial charge on any atom is 0.186 e. The van der Waals surface area contributed by atoms with Gasteiger partial charge in [0.15, 0.2) is 9.84 Å². The average molecular weight is 379 g/mol. The Morgan fingerprint density at radius 1 is 1.25 bits per heavy atom. The third kappa shape index (κ3) is 3.31. The molecule has 0 aliphatic carbocycles. The fourth-order valence-corrected chi connectivity index (χ4v) is 4.43. The predicted octanol–water partition coefficient (Wildman–Crippen LogP) is 3.80. The molecule has 0 atom stereocenters. The summed E-state index contributed by atoms with van der Waals surface area (Å²) in [5.74, 6) is -0.895. The topological polar surface area (TPSA) is 60.2 Å². The second-order valence-corrected chi connectivity index (χ2v) is 7.44. The van der Waals surface area contributed by atoms with Gasteiger partial charge in [-0.2, -0.15) is 0 Å². The van der Waals surface area contributed by atoms with E-state index < -0.39 is 15.7 Å². The van der Waals surface area contributed by atoms with E-state index in [1.807, 2.05) is 0 Å². The second-order valence-electron chi connectivity index (χ2n) is 4.19. The molecule has 2 aromatic carbocycles. The number of rotatable bonds is 3. The largest absolute Gasteiger partial charge is 0.398 e. The number of benzene rings is 2. The zero-order valence-corrected chi connectivity index (χ0v) is 13.3. The molecule has 20 heavy (non-hydrogen) atoms. The third-order valence-electron chi connectivity index (χ3n) is 2.59. The Kier molecular flexibility index (Phi) is 4.36. The van der Waals surface area contributed by atoms with Crippen LogP contribution in [0.5, 0.6) is 0 Å². The van der Waals surface area contributed by atoms with Gasteiger partial charge in [0.05, 0.1) is 16.5 Å². The predicted molar refractivity (Wildman–Crippen MR) is 80.9 cm³/mol. The molecule has 2 aromatic rings. The smallest absolute Gasteiger partial charge is 0.186 e. The number of hydrogen-bond acceptors (Lipinski definition) is 3. The van der Waals surface area contributed by atoms with Crippen LogP contribution in [0.4, 0.5) is 10.1 Å². The molecule has 2 rings (SSSR count). The molecule has 0 aliphatic heterocycles. The highest BCUT2D eigenvalue weighted by atomic mass is 79.9. The zero-order valence-electron chi connectivity index (χ0n) is 10.1. The standard InChI is InChI=1S/C13H10BrClFNO2S/c14-9-4-8(5-10(16)6-9)7-20(18,19)13-11(15)2-1-3-12(13)17/h1-6H,7,17H2. The first-order valence-electron chi connectivity index (χ1n) is 5.51. The van der Waals surface area contributed by atoms with Gasteiger partial charge in [0, 0.05) is 4.47 Å². The zero-order chi connectivity index (χ0) is 14.9. The molecule has 3 nitrogen and oxygen atoms in total. The van der Waals surface area contributed by atoms with Crippen molar-refractivity contribution in [1.29, 1.82) is 0 Å². The van der Waals surface area contributed by atoms with E-state index in [4.69, 9.17) is 17.3 Å². The first kappa shape index (κ1) is 15.3. The lowest BCUT2D eigenvalue weighted by atomic mass is 10.2. The fourth-order valence-electron chi connectivity index (χ4n) is 1.84. The Labute approximate surface area is 129 Å². The molecule has 0 unspecified atom stereocenters. The lowest BCUT2D eigenvalue weighted by Crippen LogP contribution is -2.09. The summed E-state index contributed by atoms with van der Waals surface area (Å²) in [6, 6.07) is 8.42. The van der Waals surface area contributed by atoms with Crippen LogP contribution in [0, 0.1) is 5.82 Å². The maximum atomic E-state index is 13.3. The monoisotopic (exact) mass is 377 g/mol. The molecule has 0 amide bonds. The van der Waals surface area contributed by atoms with Gasteiger partial charge in [0.25, 0.3) is 0 Å². The van der Waals surface area contributed by atoms with Crippen LogP contribution >= 0.6 is 27.5 Å². The summed E-state index contributed by atoms with van der Waals surface area (Å²) in [5, 5.41) is 0.0560. The molecule has 0 heterocycles. The van der Waals surface area contributed by atoms with E-state index in [-0.39, 0.29) is 21.4 Å². The Morgan fingerprint density at radius 2 is 1.95 bits per heavy atom. The molecule has 0 radical (unpaired) electrons. The van der Waals surface area contributed by atoms with Crippen LogP contribution in [0.1, 0.15) is 5.56 Å². The van der Waals surface area contributed by atoms with Gasteiger partial charge < -0.3 is 5.73 Å². The Bertz CT molecular complexity index is 724. The molecule has 7 heteroatoms. The number of halogens is 3. The summed E-state index contributed by atoms with van der Waals surface area (Å²) in [6.45, 7) is 0. The molecule has 0 saturated heterocycles. The average Bonchev–Trinajstić information content (AvgIpc) is 2.25. The summed E-state index contributed by atoms with van der Waals surface area (Å²) < 4.78 is 38.5. The lowest BCUT2D eigenvalue weighted by molar-refractivity contribution is 0.595. The summed E-state index contributed by atoms with van der Waals surface area (Å²) in [7, 11) is -3.75. The number of nitrogen functional groups attached to an aromatic ring is 1. The molecule has 0 saturated carbocycles. The molecular formula is C13H10BrClFNO2S. The fraction of sp³-hybridized carbons (Fsp3) is 0.0769. The quantitative estimate of drug-likeness (QED) is 0.827. The second kappa shape index (κ2) is 5.71. The molecule has 0 spiro atoms. The molecule has 0 aromatic heterocycles. The van der Waals surface area contributed by atoms with Crippen molar-refractivity contribution >= 4 is 43.1 Å². The van der Waals surface area contributed by atoms with Gasteiger partial charge in [-0.25, -0.2) is 12.8 Å². The molecule has 106 valence electrons. The van der Waals surface area contributed by atoms with Crippen LogP contribution in [-0.4, -0.2) is 8.42 Å². The first-order chi connectivity index (χ1) is 9.29. The number of hydrogen-bond donors (Lipinski definition) is 1. The van der Waals surface area contributed by atoms with Crippen molar-refractivity contribution in [3.63, 3.8) is 0 Å². The minimum Gasteiger partial charge on any atom is -0.398 e. The molecule has 0 bridgehead atoms. The van der Waals surface area contributed by atoms with Gasteiger partial charge in [-0.1, -0.05) is 33.6 Å². The van der Waals surface area contributed by atoms with Crippen molar-refractivity contribution in [3.8, 4) is 0 Å². The van der Waals surface area contributed by atoms with Gasteiger partial charge in [-0.15, -0.1) is 0 Å². The summed E-state index contributed by atoms with van der Waals surface area (Å²) >= 11 is 9.02. The number of nitrogens with two attached hydrogens (primary N) is 1. The van der Waals surface area contributed by atoms with Crippen LogP contribution in [0.3, 0.4) is 0 Å². The summed E-state index contributed by atoms with van der Waals surface area (Å²) in [6.07, 6.45) is 0. The van der Waals surface area contributed by atoms with Gasteiger partial charge in [0.1, 0.15) is 10.7 Å². The molecular weight excluding hydrogens is 369 g/mol. The molecule has 0 aliphatic rings. The van der Waals surface area contributed by atoms with Crippen molar-refractivity contribution in [3.05, 3.63) is 57.3 Å². The van der Waals surface area contributed by atoms with Gasteiger partial charge >= 0.3 is 0 Å². The van der Waals surface area contributed by atoms with Crippen molar-refractivity contribution in [2.75, 3.05) is 5.73 Å². The van der Waals surface area contributed by atoms with E-state index >= 15 is 0 Å². The van der Waals surface area contributed by atoms with E-state index in [1.165, 1.54) is 24.3 Å². The highest BCUT2D eigenvalue weighted by molar-refractivity contribution is 9.10. The van der Waals surface area contributed by atoms with Gasteiger partial charge in [0.2, 0.25) is 0 Å². The van der Waals surface area contributed by atoms with E-state index in [9.17, 15) is 12.8 Å². The van der Waals surface area contributed by atoms with Gasteiger partial charge in [-0.05, 0) is 35.9 Å². The number of anilines is 1. The Balaban J connectivity index is 2.46. The van der Waals surface area contributed by atoms with E-state index in [2.05, 4.69) is 15.9 Å². The minimum absolute atomic E-state index is 0.0560. The minimum atomic E-state index is -3.75. The van der Waals surface area contributed by atoms with Gasteiger partial charge in [-0.3, -0.25) is 0 Å². The van der Waals surface area contributed by atoms with Crippen molar-refractivity contribution in [1.82, 2.24) is 0 Å². The van der Waals surface area contributed by atoms with E-state index in [0.29, 0.717) is 10.0 Å². The maximum absolute atomic E-state index is 13.3. The highest BCUT2D eigenvalue weighted by Crippen LogP contribution is 2.30. The normalized spacial score (nSPS) is 11.6. The number of sulfone groups is 1.